The second-order valence-corrected chi connectivity index (χ2v) is 2.74. The third-order valence-corrected chi connectivity index (χ3v) is 2.24. The maximum atomic E-state index is 10.4. The predicted octanol–water partition coefficient (Wildman–Crippen LogP) is -0.333. The maximum Gasteiger partial charge on any atom is 0.328 e. The fourth-order valence-electron chi connectivity index (χ4n) is 0.478. The first-order valence-corrected chi connectivity index (χ1v) is 3.28. The lowest BCUT2D eigenvalue weighted by atomic mass is 10.3. The summed E-state index contributed by atoms with van der Waals surface area (Å²) in [5.41, 5.74) is 0. The van der Waals surface area contributed by atoms with Gasteiger partial charge in [-0.25, -0.2) is 0 Å². The van der Waals surface area contributed by atoms with E-state index in [0.29, 0.717) is 0 Å². The van der Waals surface area contributed by atoms with Crippen LogP contribution in [0, 0.1) is 0 Å². The van der Waals surface area contributed by atoms with Crippen molar-refractivity contribution in [1.82, 2.24) is 0 Å². The highest BCUT2D eigenvalue weighted by Gasteiger charge is 2.39. The normalized spacial score (nSPS) is 34.9. The van der Waals surface area contributed by atoms with E-state index in [4.69, 9.17) is 0 Å². The smallest absolute Gasteiger partial charge is 0.328 e. The van der Waals surface area contributed by atoms with Gasteiger partial charge < -0.3 is 4.74 Å². The summed E-state index contributed by atoms with van der Waals surface area (Å²) in [5, 5.41) is -1.39. The van der Waals surface area contributed by atoms with Gasteiger partial charge >= 0.3 is 11.9 Å². The van der Waals surface area contributed by atoms with E-state index in [9.17, 15) is 9.59 Å². The van der Waals surface area contributed by atoms with Crippen LogP contribution in [-0.4, -0.2) is 22.4 Å². The fourth-order valence-corrected chi connectivity index (χ4v) is 0.827. The molecule has 0 aromatic rings. The molecule has 0 aromatic heterocycles. The lowest BCUT2D eigenvalue weighted by Crippen LogP contribution is -2.17. The molecule has 0 saturated carbocycles. The molecule has 2 unspecified atom stereocenters. The molecule has 0 radical (unpaired) electrons. The molecule has 1 aliphatic rings. The van der Waals surface area contributed by atoms with Crippen molar-refractivity contribution in [2.75, 3.05) is 0 Å². The van der Waals surface area contributed by atoms with Gasteiger partial charge in [0.25, 0.3) is 0 Å². The zero-order valence-corrected chi connectivity index (χ0v) is 6.06. The Morgan fingerprint density at radius 2 is 1.44 bits per heavy atom. The van der Waals surface area contributed by atoms with Crippen molar-refractivity contribution in [3.05, 3.63) is 0 Å². The Hall–Kier alpha value is -0.160. The summed E-state index contributed by atoms with van der Waals surface area (Å²) in [6.45, 7) is 0. The molecule has 1 saturated heterocycles. The molecule has 1 rings (SSSR count). The van der Waals surface area contributed by atoms with Gasteiger partial charge in [-0.3, -0.25) is 9.59 Å². The summed E-state index contributed by atoms with van der Waals surface area (Å²) in [6, 6.07) is 0. The average Bonchev–Trinajstić information content (AvgIpc) is 1.98. The minimum Gasteiger partial charge on any atom is -0.391 e. The third-order valence-electron chi connectivity index (χ3n) is 0.983. The predicted molar refractivity (Wildman–Crippen MR) is 36.6 cm³/mol. The minimum absolute atomic E-state index is 0.608. The molecule has 5 heteroatoms. The van der Waals surface area contributed by atoms with E-state index in [1.54, 1.807) is 0 Å². The highest BCUT2D eigenvalue weighted by atomic mass is 32.1. The largest absolute Gasteiger partial charge is 0.391 e. The van der Waals surface area contributed by atoms with E-state index in [0.717, 1.165) is 0 Å². The lowest BCUT2D eigenvalue weighted by Gasteiger charge is -1.94. The van der Waals surface area contributed by atoms with Crippen molar-refractivity contribution < 1.29 is 14.3 Å². The molecule has 1 fully saturated rings. The molecule has 0 amide bonds. The number of ether oxygens (including phenoxy) is 1. The van der Waals surface area contributed by atoms with Crippen LogP contribution in [0.1, 0.15) is 0 Å². The number of hydrogen-bond donors (Lipinski definition) is 2. The first-order chi connectivity index (χ1) is 4.13. The highest BCUT2D eigenvalue weighted by Crippen LogP contribution is 2.19. The summed E-state index contributed by atoms with van der Waals surface area (Å²) in [5.74, 6) is -1.22. The van der Waals surface area contributed by atoms with Gasteiger partial charge in [-0.05, 0) is 0 Å². The van der Waals surface area contributed by atoms with Crippen LogP contribution in [0.3, 0.4) is 0 Å². The number of carbonyl (C=O) groups excluding carboxylic acids is 2. The van der Waals surface area contributed by atoms with Crippen LogP contribution in [0.25, 0.3) is 0 Å². The van der Waals surface area contributed by atoms with E-state index in [1.165, 1.54) is 0 Å². The molecule has 0 spiro atoms. The molecule has 0 bridgehead atoms. The second kappa shape index (κ2) is 2.22. The lowest BCUT2D eigenvalue weighted by molar-refractivity contribution is -0.151. The van der Waals surface area contributed by atoms with Crippen LogP contribution in [0.2, 0.25) is 0 Å². The van der Waals surface area contributed by atoms with Crippen molar-refractivity contribution >= 4 is 37.2 Å². The standard InChI is InChI=1S/C4H4O3S2/c5-3-1(8)2(9)4(6)7-3/h1-2,8-9H. The number of rotatable bonds is 0. The van der Waals surface area contributed by atoms with Crippen molar-refractivity contribution in [3.63, 3.8) is 0 Å². The first kappa shape index (κ1) is 6.95. The summed E-state index contributed by atoms with van der Waals surface area (Å²) in [4.78, 5) is 20.9. The van der Waals surface area contributed by atoms with Crippen molar-refractivity contribution in [2.24, 2.45) is 0 Å². The molecule has 1 aliphatic heterocycles. The van der Waals surface area contributed by atoms with Crippen LogP contribution in [0.4, 0.5) is 0 Å². The Morgan fingerprint density at radius 3 is 1.56 bits per heavy atom. The quantitative estimate of drug-likeness (QED) is 0.292. The van der Waals surface area contributed by atoms with Gasteiger partial charge in [-0.15, -0.1) is 0 Å². The van der Waals surface area contributed by atoms with E-state index in [1.807, 2.05) is 0 Å². The molecule has 1 heterocycles. The molecule has 50 valence electrons. The Balaban J connectivity index is 2.77. The van der Waals surface area contributed by atoms with E-state index in [2.05, 4.69) is 30.0 Å². The van der Waals surface area contributed by atoms with Gasteiger partial charge in [0.2, 0.25) is 0 Å². The summed E-state index contributed by atoms with van der Waals surface area (Å²) in [7, 11) is 0. The number of carbonyl (C=O) groups is 2. The molecule has 0 aliphatic carbocycles. The average molecular weight is 164 g/mol. The van der Waals surface area contributed by atoms with Crippen LogP contribution < -0.4 is 0 Å². The van der Waals surface area contributed by atoms with Gasteiger partial charge in [0.05, 0.1) is 0 Å². The zero-order valence-electron chi connectivity index (χ0n) is 4.27. The van der Waals surface area contributed by atoms with E-state index < -0.39 is 22.4 Å². The Kier molecular flexibility index (Phi) is 1.72. The molecule has 0 N–H and O–H groups in total. The number of hydrogen-bond acceptors (Lipinski definition) is 5. The van der Waals surface area contributed by atoms with E-state index in [-0.39, 0.29) is 0 Å². The van der Waals surface area contributed by atoms with Gasteiger partial charge in [-0.1, -0.05) is 0 Å². The van der Waals surface area contributed by atoms with Crippen molar-refractivity contribution in [3.8, 4) is 0 Å². The van der Waals surface area contributed by atoms with Crippen molar-refractivity contribution in [1.29, 1.82) is 0 Å². The summed E-state index contributed by atoms with van der Waals surface area (Å²) >= 11 is 7.54. The Bertz CT molecular complexity index is 149. The minimum atomic E-state index is -0.694. The SMILES string of the molecule is O=C1OC(=O)C(S)C1S. The Labute approximate surface area is 62.6 Å². The monoisotopic (exact) mass is 164 g/mol. The van der Waals surface area contributed by atoms with Crippen LogP contribution >= 0.6 is 25.3 Å². The molecule has 9 heavy (non-hydrogen) atoms. The third kappa shape index (κ3) is 1.07. The zero-order chi connectivity index (χ0) is 7.02. The van der Waals surface area contributed by atoms with Crippen LogP contribution in [-0.2, 0) is 14.3 Å². The number of thiol groups is 2. The van der Waals surface area contributed by atoms with E-state index >= 15 is 0 Å². The Morgan fingerprint density at radius 1 is 1.11 bits per heavy atom. The second-order valence-electron chi connectivity index (χ2n) is 1.63. The van der Waals surface area contributed by atoms with Gasteiger partial charge in [0.15, 0.2) is 0 Å². The molecule has 2 atom stereocenters. The first-order valence-electron chi connectivity index (χ1n) is 2.24. The summed E-state index contributed by atoms with van der Waals surface area (Å²) in [6.07, 6.45) is 0. The molecule has 0 aromatic carbocycles. The highest BCUT2D eigenvalue weighted by molar-refractivity contribution is 7.86. The fraction of sp³-hybridized carbons (Fsp3) is 0.500. The van der Waals surface area contributed by atoms with Gasteiger partial charge in [0.1, 0.15) is 10.5 Å². The number of cyclic esters (lactones) is 2. The van der Waals surface area contributed by atoms with Crippen LogP contribution in [0.5, 0.6) is 0 Å². The molecular formula is C4H4O3S2. The van der Waals surface area contributed by atoms with Crippen LogP contribution in [0.15, 0.2) is 0 Å². The van der Waals surface area contributed by atoms with Crippen molar-refractivity contribution in [2.45, 2.75) is 10.5 Å². The maximum absolute atomic E-state index is 10.4. The number of esters is 2. The topological polar surface area (TPSA) is 43.4 Å². The molecular weight excluding hydrogens is 160 g/mol. The molecule has 3 nitrogen and oxygen atoms in total. The van der Waals surface area contributed by atoms with Gasteiger partial charge in [0, 0.05) is 0 Å². The van der Waals surface area contributed by atoms with Gasteiger partial charge in [-0.2, -0.15) is 25.3 Å². The summed E-state index contributed by atoms with van der Waals surface area (Å²) < 4.78 is 4.16.